The average molecular weight is 251 g/mol. The molecule has 2 unspecified atom stereocenters. The van der Waals surface area contributed by atoms with Gasteiger partial charge < -0.3 is 4.74 Å². The Balaban J connectivity index is 3.10. The number of Topliss-reactive ketones (excluding diaryl/α,β-unsaturated/α-hetero) is 1. The Morgan fingerprint density at radius 2 is 2.00 bits per heavy atom. The van der Waals surface area contributed by atoms with E-state index in [4.69, 9.17) is 27.9 Å². The SMILES string of the molecule is CC(=O)C1C(=O)OC(C)(C)C1C=C(Cl)Cl. The highest BCUT2D eigenvalue weighted by Crippen LogP contribution is 2.39. The predicted molar refractivity (Wildman–Crippen MR) is 57.6 cm³/mol. The summed E-state index contributed by atoms with van der Waals surface area (Å²) < 4.78 is 5.15. The first-order valence-electron chi connectivity index (χ1n) is 4.52. The maximum atomic E-state index is 11.5. The number of hydrogen-bond acceptors (Lipinski definition) is 3. The molecule has 0 bridgehead atoms. The summed E-state index contributed by atoms with van der Waals surface area (Å²) in [4.78, 5) is 22.8. The second kappa shape index (κ2) is 4.14. The van der Waals surface area contributed by atoms with Crippen LogP contribution in [-0.2, 0) is 14.3 Å². The van der Waals surface area contributed by atoms with Crippen molar-refractivity contribution in [1.29, 1.82) is 0 Å². The van der Waals surface area contributed by atoms with Crippen LogP contribution >= 0.6 is 23.2 Å². The fourth-order valence-electron chi connectivity index (χ4n) is 1.79. The molecule has 0 amide bonds. The molecule has 0 aromatic carbocycles. The van der Waals surface area contributed by atoms with Crippen LogP contribution in [0.3, 0.4) is 0 Å². The molecular formula is C10H12Cl2O3. The molecule has 0 aromatic rings. The smallest absolute Gasteiger partial charge is 0.317 e. The molecule has 5 heteroatoms. The van der Waals surface area contributed by atoms with Crippen molar-refractivity contribution >= 4 is 35.0 Å². The lowest BCUT2D eigenvalue weighted by molar-refractivity contribution is -0.149. The molecule has 0 radical (unpaired) electrons. The zero-order chi connectivity index (χ0) is 11.8. The van der Waals surface area contributed by atoms with Crippen molar-refractivity contribution in [2.75, 3.05) is 0 Å². The summed E-state index contributed by atoms with van der Waals surface area (Å²) in [5.41, 5.74) is -0.748. The number of rotatable bonds is 2. The van der Waals surface area contributed by atoms with E-state index in [2.05, 4.69) is 0 Å². The summed E-state index contributed by atoms with van der Waals surface area (Å²) in [5, 5.41) is 0. The zero-order valence-corrected chi connectivity index (χ0v) is 10.2. The minimum absolute atomic E-state index is 0.0395. The molecule has 1 aliphatic heterocycles. The molecule has 0 N–H and O–H groups in total. The third-order valence-electron chi connectivity index (χ3n) is 2.52. The van der Waals surface area contributed by atoms with E-state index in [9.17, 15) is 9.59 Å². The minimum atomic E-state index is -0.799. The summed E-state index contributed by atoms with van der Waals surface area (Å²) in [6.45, 7) is 4.81. The molecule has 2 atom stereocenters. The zero-order valence-electron chi connectivity index (χ0n) is 8.71. The monoisotopic (exact) mass is 250 g/mol. The summed E-state index contributed by atoms with van der Waals surface area (Å²) >= 11 is 11.1. The van der Waals surface area contributed by atoms with E-state index in [0.717, 1.165) is 0 Å². The maximum Gasteiger partial charge on any atom is 0.317 e. The molecule has 3 nitrogen and oxygen atoms in total. The lowest BCUT2D eigenvalue weighted by atomic mass is 9.81. The van der Waals surface area contributed by atoms with E-state index in [1.807, 2.05) is 0 Å². The highest BCUT2D eigenvalue weighted by molar-refractivity contribution is 6.55. The van der Waals surface area contributed by atoms with E-state index in [0.29, 0.717) is 0 Å². The van der Waals surface area contributed by atoms with Gasteiger partial charge in [0.2, 0.25) is 0 Å². The van der Waals surface area contributed by atoms with E-state index in [1.54, 1.807) is 13.8 Å². The van der Waals surface area contributed by atoms with Gasteiger partial charge in [0.15, 0.2) is 0 Å². The van der Waals surface area contributed by atoms with Gasteiger partial charge in [0.05, 0.1) is 0 Å². The number of carbonyl (C=O) groups excluding carboxylic acids is 2. The van der Waals surface area contributed by atoms with Crippen LogP contribution in [0.4, 0.5) is 0 Å². The molecule has 0 aliphatic carbocycles. The summed E-state index contributed by atoms with van der Waals surface area (Å²) in [5.74, 6) is -1.95. The highest BCUT2D eigenvalue weighted by Gasteiger charge is 2.51. The standard InChI is InChI=1S/C10H12Cl2O3/c1-5(13)8-6(4-7(11)12)10(2,3)15-9(8)14/h4,6,8H,1-3H3. The lowest BCUT2D eigenvalue weighted by Crippen LogP contribution is -2.30. The first kappa shape index (κ1) is 12.5. The van der Waals surface area contributed by atoms with Gasteiger partial charge in [-0.3, -0.25) is 9.59 Å². The molecule has 1 heterocycles. The second-order valence-electron chi connectivity index (χ2n) is 4.09. The minimum Gasteiger partial charge on any atom is -0.458 e. The van der Waals surface area contributed by atoms with Crippen LogP contribution in [0.25, 0.3) is 0 Å². The van der Waals surface area contributed by atoms with Gasteiger partial charge in [0, 0.05) is 5.92 Å². The van der Waals surface area contributed by atoms with Crippen LogP contribution < -0.4 is 0 Å². The van der Waals surface area contributed by atoms with Gasteiger partial charge in [-0.05, 0) is 26.8 Å². The van der Waals surface area contributed by atoms with Crippen LogP contribution in [0.5, 0.6) is 0 Å². The first-order chi connectivity index (χ1) is 6.75. The lowest BCUT2D eigenvalue weighted by Gasteiger charge is -2.23. The molecule has 0 spiro atoms. The Hall–Kier alpha value is -0.540. The van der Waals surface area contributed by atoms with Crippen LogP contribution in [0.2, 0.25) is 0 Å². The van der Waals surface area contributed by atoms with Crippen LogP contribution in [0, 0.1) is 11.8 Å². The molecule has 1 fully saturated rings. The van der Waals surface area contributed by atoms with E-state index < -0.39 is 23.4 Å². The number of hydrogen-bond donors (Lipinski definition) is 0. The maximum absolute atomic E-state index is 11.5. The molecule has 84 valence electrons. The summed E-state index contributed by atoms with van der Waals surface area (Å²) in [6, 6.07) is 0. The van der Waals surface area contributed by atoms with Crippen molar-refractivity contribution in [2.45, 2.75) is 26.4 Å². The quantitative estimate of drug-likeness (QED) is 0.559. The largest absolute Gasteiger partial charge is 0.458 e. The third-order valence-corrected chi connectivity index (χ3v) is 2.77. The Kier molecular flexibility index (Phi) is 3.46. The fourth-order valence-corrected chi connectivity index (χ4v) is 2.06. The summed E-state index contributed by atoms with van der Waals surface area (Å²) in [7, 11) is 0. The Morgan fingerprint density at radius 3 is 2.40 bits per heavy atom. The van der Waals surface area contributed by atoms with E-state index >= 15 is 0 Å². The van der Waals surface area contributed by atoms with Gasteiger partial charge in [-0.1, -0.05) is 23.2 Å². The Morgan fingerprint density at radius 1 is 1.47 bits per heavy atom. The Labute approximate surface area is 98.4 Å². The Bertz CT molecular complexity index is 330. The van der Waals surface area contributed by atoms with Gasteiger partial charge in [0.25, 0.3) is 0 Å². The average Bonchev–Trinajstić information content (AvgIpc) is 2.20. The number of cyclic esters (lactones) is 1. The van der Waals surface area contributed by atoms with Crippen LogP contribution in [-0.4, -0.2) is 17.4 Å². The molecule has 15 heavy (non-hydrogen) atoms. The van der Waals surface area contributed by atoms with Crippen molar-refractivity contribution in [2.24, 2.45) is 11.8 Å². The number of ether oxygens (including phenoxy) is 1. The normalized spacial score (nSPS) is 28.5. The number of halogens is 2. The number of ketones is 1. The van der Waals surface area contributed by atoms with Gasteiger partial charge in [-0.25, -0.2) is 0 Å². The highest BCUT2D eigenvalue weighted by atomic mass is 35.5. The third kappa shape index (κ3) is 2.52. The molecule has 1 saturated heterocycles. The molecule has 0 aromatic heterocycles. The molecule has 1 aliphatic rings. The van der Waals surface area contributed by atoms with Gasteiger partial charge >= 0.3 is 5.97 Å². The van der Waals surface area contributed by atoms with Crippen molar-refractivity contribution in [3.8, 4) is 0 Å². The first-order valence-corrected chi connectivity index (χ1v) is 5.27. The van der Waals surface area contributed by atoms with Crippen LogP contribution in [0.15, 0.2) is 10.6 Å². The molecule has 1 rings (SSSR count). The fraction of sp³-hybridized carbons (Fsp3) is 0.600. The van der Waals surface area contributed by atoms with Crippen molar-refractivity contribution in [1.82, 2.24) is 0 Å². The second-order valence-corrected chi connectivity index (χ2v) is 5.10. The van der Waals surface area contributed by atoms with Gasteiger partial charge in [-0.2, -0.15) is 0 Å². The molecule has 0 saturated carbocycles. The summed E-state index contributed by atoms with van der Waals surface area (Å²) in [6.07, 6.45) is 1.49. The van der Waals surface area contributed by atoms with Crippen molar-refractivity contribution in [3.63, 3.8) is 0 Å². The number of carbonyl (C=O) groups is 2. The van der Waals surface area contributed by atoms with Gasteiger partial charge in [0.1, 0.15) is 21.8 Å². The van der Waals surface area contributed by atoms with E-state index in [-0.39, 0.29) is 10.3 Å². The predicted octanol–water partition coefficient (Wildman–Crippen LogP) is 2.46. The molecular weight excluding hydrogens is 239 g/mol. The van der Waals surface area contributed by atoms with Crippen LogP contribution in [0.1, 0.15) is 20.8 Å². The van der Waals surface area contributed by atoms with Gasteiger partial charge in [-0.15, -0.1) is 0 Å². The van der Waals surface area contributed by atoms with E-state index in [1.165, 1.54) is 13.0 Å². The van der Waals surface area contributed by atoms with Crippen molar-refractivity contribution < 1.29 is 14.3 Å². The van der Waals surface area contributed by atoms with Crippen molar-refractivity contribution in [3.05, 3.63) is 10.6 Å². The topological polar surface area (TPSA) is 43.4 Å². The number of esters is 1.